The summed E-state index contributed by atoms with van der Waals surface area (Å²) >= 11 is 1.69. The van der Waals surface area contributed by atoms with Crippen molar-refractivity contribution in [1.29, 1.82) is 0 Å². The second-order valence-electron chi connectivity index (χ2n) is 7.68. The summed E-state index contributed by atoms with van der Waals surface area (Å²) in [6, 6.07) is 12.0. The fourth-order valence-electron chi connectivity index (χ4n) is 3.59. The van der Waals surface area contributed by atoms with Crippen LogP contribution in [0.3, 0.4) is 0 Å². The Balaban J connectivity index is 1.25. The molecule has 0 fully saturated rings. The van der Waals surface area contributed by atoms with E-state index in [4.69, 9.17) is 4.74 Å². The van der Waals surface area contributed by atoms with Gasteiger partial charge in [-0.3, -0.25) is 9.97 Å². The Kier molecular flexibility index (Phi) is 7.58. The van der Waals surface area contributed by atoms with Gasteiger partial charge in [0.1, 0.15) is 18.5 Å². The number of hydrogen-bond acceptors (Lipinski definition) is 8. The van der Waals surface area contributed by atoms with Crippen LogP contribution >= 0.6 is 11.8 Å². The first-order valence-corrected chi connectivity index (χ1v) is 12.1. The number of rotatable bonds is 11. The van der Waals surface area contributed by atoms with Crippen molar-refractivity contribution in [2.75, 3.05) is 23.4 Å². The zero-order valence-electron chi connectivity index (χ0n) is 19.1. The van der Waals surface area contributed by atoms with Crippen molar-refractivity contribution >= 4 is 34.2 Å². The predicted molar refractivity (Wildman–Crippen MR) is 134 cm³/mol. The Hall–Kier alpha value is -3.66. The fourth-order valence-corrected chi connectivity index (χ4v) is 4.31. The van der Waals surface area contributed by atoms with Gasteiger partial charge in [0, 0.05) is 35.6 Å². The molecule has 0 saturated carbocycles. The fraction of sp³-hybridized carbons (Fsp3) is 0.292. The van der Waals surface area contributed by atoms with Gasteiger partial charge in [-0.1, -0.05) is 18.2 Å². The summed E-state index contributed by atoms with van der Waals surface area (Å²) in [5, 5.41) is 15.6. The maximum Gasteiger partial charge on any atom is 0.342 e. The van der Waals surface area contributed by atoms with E-state index < -0.39 is 4.92 Å². The van der Waals surface area contributed by atoms with Gasteiger partial charge in [0.2, 0.25) is 0 Å². The zero-order valence-corrected chi connectivity index (χ0v) is 19.9. The van der Waals surface area contributed by atoms with E-state index in [0.29, 0.717) is 25.5 Å². The molecule has 0 spiro atoms. The van der Waals surface area contributed by atoms with Crippen LogP contribution in [0.15, 0.2) is 55.0 Å². The Morgan fingerprint density at radius 3 is 2.82 bits per heavy atom. The molecular formula is C24H26N6O3S. The van der Waals surface area contributed by atoms with Gasteiger partial charge in [0.25, 0.3) is 0 Å². The van der Waals surface area contributed by atoms with Crippen LogP contribution in [-0.4, -0.2) is 42.6 Å². The van der Waals surface area contributed by atoms with Gasteiger partial charge >= 0.3 is 5.82 Å². The minimum Gasteiger partial charge on any atom is -0.492 e. The van der Waals surface area contributed by atoms with Gasteiger partial charge < -0.3 is 20.2 Å². The topological polar surface area (TPSA) is 108 Å². The Labute approximate surface area is 201 Å². The number of pyridine rings is 2. The maximum atomic E-state index is 11.1. The molecule has 176 valence electrons. The van der Waals surface area contributed by atoms with E-state index in [1.165, 1.54) is 6.20 Å². The summed E-state index contributed by atoms with van der Waals surface area (Å²) in [5.74, 6) is 3.01. The first kappa shape index (κ1) is 23.5. The molecule has 0 atom stereocenters. The smallest absolute Gasteiger partial charge is 0.342 e. The summed E-state index contributed by atoms with van der Waals surface area (Å²) in [6.07, 6.45) is 4.89. The molecule has 0 aliphatic carbocycles. The molecule has 3 aromatic heterocycles. The van der Waals surface area contributed by atoms with Crippen molar-refractivity contribution in [1.82, 2.24) is 19.5 Å². The van der Waals surface area contributed by atoms with Crippen LogP contribution in [0, 0.1) is 24.0 Å². The van der Waals surface area contributed by atoms with Crippen molar-refractivity contribution in [2.24, 2.45) is 0 Å². The lowest BCUT2D eigenvalue weighted by Gasteiger charge is -2.13. The highest BCUT2D eigenvalue weighted by molar-refractivity contribution is 7.99. The number of nitro groups is 1. The Bertz CT molecular complexity index is 1290. The van der Waals surface area contributed by atoms with E-state index in [2.05, 4.69) is 26.3 Å². The molecule has 34 heavy (non-hydrogen) atoms. The van der Waals surface area contributed by atoms with Crippen molar-refractivity contribution in [3.05, 3.63) is 82.2 Å². The predicted octanol–water partition coefficient (Wildman–Crippen LogP) is 4.78. The van der Waals surface area contributed by atoms with E-state index in [1.807, 2.05) is 43.5 Å². The molecule has 0 unspecified atom stereocenters. The third-order valence-electron chi connectivity index (χ3n) is 5.47. The van der Waals surface area contributed by atoms with Crippen molar-refractivity contribution in [3.63, 3.8) is 0 Å². The maximum absolute atomic E-state index is 11.1. The van der Waals surface area contributed by atoms with Crippen LogP contribution in [0.1, 0.15) is 17.1 Å². The van der Waals surface area contributed by atoms with Gasteiger partial charge in [0.15, 0.2) is 5.82 Å². The monoisotopic (exact) mass is 478 g/mol. The highest BCUT2D eigenvalue weighted by Gasteiger charge is 2.16. The summed E-state index contributed by atoms with van der Waals surface area (Å²) in [5.41, 5.74) is 3.82. The lowest BCUT2D eigenvalue weighted by Crippen LogP contribution is -2.09. The van der Waals surface area contributed by atoms with Crippen LogP contribution in [-0.2, 0) is 13.1 Å². The van der Waals surface area contributed by atoms with Crippen LogP contribution in [0.25, 0.3) is 10.9 Å². The van der Waals surface area contributed by atoms with Crippen LogP contribution in [0.4, 0.5) is 11.5 Å². The number of thioether (sulfide) groups is 1. The first-order valence-electron chi connectivity index (χ1n) is 10.9. The largest absolute Gasteiger partial charge is 0.492 e. The standard InChI is InChI=1S/C24H26N6O3S/c1-17-22(15-27-20-13-19-5-3-4-6-21(19)28-14-20)25-8-7-23(17)33-10-12-34-11-9-29-18(2)26-16-24(29)30(31)32/h3-8,13-14,16,27H,9-12,15H2,1-2H3. The number of hydrogen-bond donors (Lipinski definition) is 1. The number of nitrogens with zero attached hydrogens (tertiary/aromatic N) is 5. The van der Waals surface area contributed by atoms with Crippen LogP contribution in [0.5, 0.6) is 5.75 Å². The zero-order chi connectivity index (χ0) is 23.9. The van der Waals surface area contributed by atoms with E-state index >= 15 is 0 Å². The van der Waals surface area contributed by atoms with Crippen molar-refractivity contribution in [3.8, 4) is 5.75 Å². The lowest BCUT2D eigenvalue weighted by atomic mass is 10.2. The van der Waals surface area contributed by atoms with E-state index in [-0.39, 0.29) is 5.82 Å². The average molecular weight is 479 g/mol. The molecule has 4 aromatic rings. The molecule has 1 N–H and O–H groups in total. The van der Waals surface area contributed by atoms with Crippen molar-refractivity contribution < 1.29 is 9.66 Å². The molecule has 3 heterocycles. The SMILES string of the molecule is Cc1c(OCCSCCn2c([N+](=O)[O-])cnc2C)ccnc1CNc1cnc2ccccc2c1. The van der Waals surface area contributed by atoms with Gasteiger partial charge in [-0.05, 0) is 30.0 Å². The van der Waals surface area contributed by atoms with Crippen LogP contribution in [0.2, 0.25) is 0 Å². The Morgan fingerprint density at radius 1 is 1.12 bits per heavy atom. The molecule has 0 bridgehead atoms. The molecule has 9 nitrogen and oxygen atoms in total. The highest BCUT2D eigenvalue weighted by Crippen LogP contribution is 2.22. The third kappa shape index (κ3) is 5.63. The number of aryl methyl sites for hydroxylation is 1. The number of fused-ring (bicyclic) bond motifs is 1. The van der Waals surface area contributed by atoms with Crippen LogP contribution < -0.4 is 10.1 Å². The number of anilines is 1. The average Bonchev–Trinajstić information content (AvgIpc) is 3.21. The molecule has 1 aromatic carbocycles. The number of benzene rings is 1. The normalized spacial score (nSPS) is 11.0. The third-order valence-corrected chi connectivity index (χ3v) is 6.40. The van der Waals surface area contributed by atoms with Crippen molar-refractivity contribution in [2.45, 2.75) is 26.9 Å². The first-order chi connectivity index (χ1) is 16.5. The number of para-hydroxylation sites is 1. The van der Waals surface area contributed by atoms with Gasteiger partial charge in [-0.2, -0.15) is 11.8 Å². The summed E-state index contributed by atoms with van der Waals surface area (Å²) in [6.45, 7) is 5.44. The summed E-state index contributed by atoms with van der Waals surface area (Å²) in [4.78, 5) is 23.7. The molecule has 0 amide bonds. The molecule has 10 heteroatoms. The van der Waals surface area contributed by atoms with E-state index in [9.17, 15) is 10.1 Å². The van der Waals surface area contributed by atoms with Gasteiger partial charge in [-0.15, -0.1) is 0 Å². The molecule has 0 aliphatic heterocycles. The highest BCUT2D eigenvalue weighted by atomic mass is 32.2. The minimum atomic E-state index is -0.400. The second-order valence-corrected chi connectivity index (χ2v) is 8.91. The molecular weight excluding hydrogens is 452 g/mol. The number of aromatic nitrogens is 4. The Morgan fingerprint density at radius 2 is 1.97 bits per heavy atom. The molecule has 0 radical (unpaired) electrons. The summed E-state index contributed by atoms with van der Waals surface area (Å²) < 4.78 is 7.61. The molecule has 4 rings (SSSR count). The number of nitrogens with one attached hydrogen (secondary N) is 1. The molecule has 0 saturated heterocycles. The quantitative estimate of drug-likeness (QED) is 0.186. The number of imidazole rings is 1. The second kappa shape index (κ2) is 11.0. The number of ether oxygens (including phenoxy) is 1. The van der Waals surface area contributed by atoms with Gasteiger partial charge in [0.05, 0.1) is 36.2 Å². The van der Waals surface area contributed by atoms with E-state index in [1.54, 1.807) is 29.4 Å². The summed E-state index contributed by atoms with van der Waals surface area (Å²) in [7, 11) is 0. The molecule has 0 aliphatic rings. The minimum absolute atomic E-state index is 0.0300. The van der Waals surface area contributed by atoms with E-state index in [0.717, 1.165) is 45.1 Å². The lowest BCUT2D eigenvalue weighted by molar-refractivity contribution is -0.392. The van der Waals surface area contributed by atoms with Gasteiger partial charge in [-0.25, -0.2) is 9.55 Å².